The normalized spacial score (nSPS) is 23.2. The van der Waals surface area contributed by atoms with Crippen LogP contribution in [-0.4, -0.2) is 43.5 Å². The third kappa shape index (κ3) is 7.41. The number of nitrogens with one attached hydrogen (secondary N) is 2. The molecule has 3 unspecified atom stereocenters. The van der Waals surface area contributed by atoms with Crippen molar-refractivity contribution in [2.75, 3.05) is 29.9 Å². The average Bonchev–Trinajstić information content (AvgIpc) is 3.15. The summed E-state index contributed by atoms with van der Waals surface area (Å²) in [6, 6.07) is 11.8. The van der Waals surface area contributed by atoms with E-state index in [0.717, 1.165) is 51.4 Å². The summed E-state index contributed by atoms with van der Waals surface area (Å²) in [5.41, 5.74) is 7.41. The van der Waals surface area contributed by atoms with Crippen molar-refractivity contribution < 1.29 is 19.1 Å². The van der Waals surface area contributed by atoms with Crippen LogP contribution in [0.1, 0.15) is 74.6 Å². The summed E-state index contributed by atoms with van der Waals surface area (Å²) in [7, 11) is 0. The van der Waals surface area contributed by atoms with Gasteiger partial charge in [0, 0.05) is 29.6 Å². The number of nitrogens with zero attached hydrogens (tertiary/aromatic N) is 1. The van der Waals surface area contributed by atoms with Crippen LogP contribution in [0.5, 0.6) is 5.75 Å². The maximum absolute atomic E-state index is 13.8. The third-order valence-corrected chi connectivity index (χ3v) is 9.19. The van der Waals surface area contributed by atoms with E-state index in [1.807, 2.05) is 0 Å². The Bertz CT molecular complexity index is 1230. The second-order valence-corrected chi connectivity index (χ2v) is 12.2. The van der Waals surface area contributed by atoms with Crippen molar-refractivity contribution in [2.24, 2.45) is 23.5 Å². The Kier molecular flexibility index (Phi) is 9.83. The Morgan fingerprint density at radius 3 is 2.51 bits per heavy atom. The number of amides is 3. The number of carbonyl (C=O) groups excluding carboxylic acids is 3. The maximum atomic E-state index is 13.8. The first-order valence-electron chi connectivity index (χ1n) is 15.0. The number of carbonyl (C=O) groups is 3. The van der Waals surface area contributed by atoms with E-state index in [1.54, 1.807) is 47.4 Å². The first-order valence-corrected chi connectivity index (χ1v) is 15.4. The SMILES string of the molecule is NCC1CCCC(CNC(=O)c2ccc3c(c2)NC(=O)CC(C2CCCCC2)N3C(=O)COc2ccc(Cl)cc2)C1. The van der Waals surface area contributed by atoms with Gasteiger partial charge in [0.2, 0.25) is 5.91 Å². The third-order valence-electron chi connectivity index (χ3n) is 8.93. The second-order valence-electron chi connectivity index (χ2n) is 11.8. The number of fused-ring (bicyclic) bond motifs is 1. The van der Waals surface area contributed by atoms with Crippen LogP contribution >= 0.6 is 11.6 Å². The molecule has 0 aromatic heterocycles. The van der Waals surface area contributed by atoms with Crippen molar-refractivity contribution in [1.82, 2.24) is 5.32 Å². The summed E-state index contributed by atoms with van der Waals surface area (Å²) in [6.07, 6.45) is 9.93. The van der Waals surface area contributed by atoms with Crippen LogP contribution in [0.3, 0.4) is 0 Å². The quantitative estimate of drug-likeness (QED) is 0.379. The molecule has 0 bridgehead atoms. The van der Waals surface area contributed by atoms with Gasteiger partial charge in [0.05, 0.1) is 11.4 Å². The fraction of sp³-hybridized carbons (Fsp3) is 0.531. The molecule has 41 heavy (non-hydrogen) atoms. The Labute approximate surface area is 247 Å². The van der Waals surface area contributed by atoms with E-state index in [-0.39, 0.29) is 42.7 Å². The Hall–Kier alpha value is -3.10. The molecule has 9 heteroatoms. The van der Waals surface area contributed by atoms with E-state index in [9.17, 15) is 14.4 Å². The van der Waals surface area contributed by atoms with Gasteiger partial charge in [-0.3, -0.25) is 14.4 Å². The van der Waals surface area contributed by atoms with Crippen molar-refractivity contribution in [3.05, 3.63) is 53.1 Å². The minimum atomic E-state index is -0.278. The van der Waals surface area contributed by atoms with Gasteiger partial charge in [-0.2, -0.15) is 0 Å². The van der Waals surface area contributed by atoms with E-state index >= 15 is 0 Å². The predicted octanol–water partition coefficient (Wildman–Crippen LogP) is 5.54. The van der Waals surface area contributed by atoms with Crippen molar-refractivity contribution >= 4 is 40.7 Å². The van der Waals surface area contributed by atoms with Gasteiger partial charge in [-0.05, 0) is 98.9 Å². The maximum Gasteiger partial charge on any atom is 0.265 e. The van der Waals surface area contributed by atoms with Gasteiger partial charge in [-0.25, -0.2) is 0 Å². The van der Waals surface area contributed by atoms with Crippen molar-refractivity contribution in [1.29, 1.82) is 0 Å². The molecule has 2 saturated carbocycles. The molecule has 0 spiro atoms. The highest BCUT2D eigenvalue weighted by Crippen LogP contribution is 2.39. The highest BCUT2D eigenvalue weighted by molar-refractivity contribution is 6.30. The molecule has 3 aliphatic rings. The van der Waals surface area contributed by atoms with E-state index in [4.69, 9.17) is 22.1 Å². The van der Waals surface area contributed by atoms with E-state index in [2.05, 4.69) is 10.6 Å². The summed E-state index contributed by atoms with van der Waals surface area (Å²) in [5, 5.41) is 6.66. The van der Waals surface area contributed by atoms with Crippen molar-refractivity contribution in [3.8, 4) is 5.75 Å². The second kappa shape index (κ2) is 13.7. The molecule has 5 rings (SSSR count). The molecule has 1 aliphatic heterocycles. The summed E-state index contributed by atoms with van der Waals surface area (Å²) < 4.78 is 5.83. The number of anilines is 2. The van der Waals surface area contributed by atoms with Gasteiger partial charge < -0.3 is 26.0 Å². The fourth-order valence-electron chi connectivity index (χ4n) is 6.75. The zero-order chi connectivity index (χ0) is 28.8. The molecule has 0 saturated heterocycles. The van der Waals surface area contributed by atoms with Crippen LogP contribution in [-0.2, 0) is 9.59 Å². The van der Waals surface area contributed by atoms with Gasteiger partial charge in [-0.15, -0.1) is 0 Å². The molecular formula is C32H41ClN4O4. The van der Waals surface area contributed by atoms with Crippen LogP contribution < -0.4 is 26.0 Å². The van der Waals surface area contributed by atoms with Gasteiger partial charge in [0.15, 0.2) is 6.61 Å². The highest BCUT2D eigenvalue weighted by Gasteiger charge is 2.38. The molecule has 2 aliphatic carbocycles. The molecule has 1 heterocycles. The molecule has 4 N–H and O–H groups in total. The first-order chi connectivity index (χ1) is 19.9. The number of rotatable bonds is 8. The highest BCUT2D eigenvalue weighted by atomic mass is 35.5. The lowest BCUT2D eigenvalue weighted by molar-refractivity contribution is -0.121. The number of benzene rings is 2. The Balaban J connectivity index is 1.36. The summed E-state index contributed by atoms with van der Waals surface area (Å²) in [5.74, 6) is 1.15. The predicted molar refractivity (Wildman–Crippen MR) is 161 cm³/mol. The summed E-state index contributed by atoms with van der Waals surface area (Å²) in [4.78, 5) is 41.8. The van der Waals surface area contributed by atoms with Gasteiger partial charge in [0.25, 0.3) is 11.8 Å². The minimum absolute atomic E-state index is 0.150. The Morgan fingerprint density at radius 1 is 1.00 bits per heavy atom. The molecule has 2 aromatic rings. The van der Waals surface area contributed by atoms with Crippen LogP contribution in [0.25, 0.3) is 0 Å². The van der Waals surface area contributed by atoms with E-state index < -0.39 is 0 Å². The lowest BCUT2D eigenvalue weighted by Gasteiger charge is -2.37. The van der Waals surface area contributed by atoms with E-state index in [0.29, 0.717) is 52.6 Å². The lowest BCUT2D eigenvalue weighted by Crippen LogP contribution is -2.47. The summed E-state index contributed by atoms with van der Waals surface area (Å²) >= 11 is 5.99. The largest absolute Gasteiger partial charge is 0.484 e. The first kappa shape index (κ1) is 29.4. The zero-order valence-electron chi connectivity index (χ0n) is 23.6. The Morgan fingerprint density at radius 2 is 1.76 bits per heavy atom. The van der Waals surface area contributed by atoms with Crippen LogP contribution in [0, 0.1) is 17.8 Å². The smallest absolute Gasteiger partial charge is 0.265 e. The average molecular weight is 581 g/mol. The standard InChI is InChI=1S/C32H41ClN4O4/c33-25-10-12-26(13-11-25)41-20-31(39)37-28-14-9-24(32(40)35-19-22-6-4-5-21(15-22)18-34)16-27(28)36-30(38)17-29(37)23-7-2-1-3-8-23/h9-14,16,21-23,29H,1-8,15,17-20,34H2,(H,35,40)(H,36,38). The van der Waals surface area contributed by atoms with Gasteiger partial charge in [0.1, 0.15) is 5.75 Å². The zero-order valence-corrected chi connectivity index (χ0v) is 24.3. The number of halogens is 1. The van der Waals surface area contributed by atoms with Crippen molar-refractivity contribution in [3.63, 3.8) is 0 Å². The van der Waals surface area contributed by atoms with Gasteiger partial charge >= 0.3 is 0 Å². The van der Waals surface area contributed by atoms with Crippen LogP contribution in [0.2, 0.25) is 5.02 Å². The minimum Gasteiger partial charge on any atom is -0.484 e. The number of ether oxygens (including phenoxy) is 1. The topological polar surface area (TPSA) is 114 Å². The molecule has 2 aromatic carbocycles. The monoisotopic (exact) mass is 580 g/mol. The number of hydrogen-bond donors (Lipinski definition) is 3. The molecule has 8 nitrogen and oxygen atoms in total. The molecular weight excluding hydrogens is 540 g/mol. The number of hydrogen-bond acceptors (Lipinski definition) is 5. The van der Waals surface area contributed by atoms with Crippen LogP contribution in [0.4, 0.5) is 11.4 Å². The van der Waals surface area contributed by atoms with Crippen LogP contribution in [0.15, 0.2) is 42.5 Å². The number of nitrogens with two attached hydrogens (primary N) is 1. The molecule has 3 atom stereocenters. The molecule has 3 amide bonds. The molecule has 220 valence electrons. The molecule has 0 radical (unpaired) electrons. The van der Waals surface area contributed by atoms with E-state index in [1.165, 1.54) is 6.42 Å². The lowest BCUT2D eigenvalue weighted by atomic mass is 9.81. The molecule has 2 fully saturated rings. The summed E-state index contributed by atoms with van der Waals surface area (Å²) in [6.45, 7) is 1.12. The van der Waals surface area contributed by atoms with Crippen molar-refractivity contribution in [2.45, 2.75) is 70.3 Å². The van der Waals surface area contributed by atoms with Gasteiger partial charge in [-0.1, -0.05) is 37.3 Å². The fourth-order valence-corrected chi connectivity index (χ4v) is 6.88.